The summed E-state index contributed by atoms with van der Waals surface area (Å²) in [6, 6.07) is 5.46. The average molecular weight is 289 g/mol. The highest BCUT2D eigenvalue weighted by Crippen LogP contribution is 2.33. The molecule has 0 spiro atoms. The Bertz CT molecular complexity index is 639. The summed E-state index contributed by atoms with van der Waals surface area (Å²) in [6.07, 6.45) is 1.72. The Balaban J connectivity index is 1.85. The molecule has 1 saturated heterocycles. The van der Waals surface area contributed by atoms with Gasteiger partial charge in [0.1, 0.15) is 5.70 Å². The minimum absolute atomic E-state index is 0.0611. The molecule has 2 aliphatic heterocycles. The van der Waals surface area contributed by atoms with E-state index in [0.29, 0.717) is 23.2 Å². The van der Waals surface area contributed by atoms with E-state index in [2.05, 4.69) is 10.3 Å². The van der Waals surface area contributed by atoms with E-state index in [-0.39, 0.29) is 25.9 Å². The van der Waals surface area contributed by atoms with Crippen molar-refractivity contribution in [3.05, 3.63) is 29.5 Å². The number of likely N-dealkylation sites (N-methyl/N-ethyl adjacent to an activating group) is 1. The van der Waals surface area contributed by atoms with Crippen LogP contribution in [0, 0.1) is 0 Å². The summed E-state index contributed by atoms with van der Waals surface area (Å²) in [5, 5.41) is 11.7. The number of amides is 1. The first-order valence-electron chi connectivity index (χ1n) is 6.51. The summed E-state index contributed by atoms with van der Waals surface area (Å²) in [5.41, 5.74) is 1.25. The lowest BCUT2D eigenvalue weighted by Gasteiger charge is -2.06. The monoisotopic (exact) mass is 289 g/mol. The van der Waals surface area contributed by atoms with E-state index >= 15 is 0 Å². The molecule has 0 aliphatic carbocycles. The van der Waals surface area contributed by atoms with Crippen LogP contribution in [0.3, 0.4) is 0 Å². The summed E-state index contributed by atoms with van der Waals surface area (Å²) in [7, 11) is 1.63. The molecule has 7 nitrogen and oxygen atoms in total. The number of aliphatic hydroxyl groups excluding tert-OH is 1. The number of carbonyl (C=O) groups excluding carboxylic acids is 1. The average Bonchev–Trinajstić information content (AvgIpc) is 3.05. The van der Waals surface area contributed by atoms with Crippen molar-refractivity contribution in [1.29, 1.82) is 0 Å². The lowest BCUT2D eigenvalue weighted by molar-refractivity contribution is -0.121. The first-order chi connectivity index (χ1) is 10.2. The van der Waals surface area contributed by atoms with E-state index in [4.69, 9.17) is 14.6 Å². The number of hydrogen-bond donors (Lipinski definition) is 2. The number of aliphatic hydroxyl groups is 1. The van der Waals surface area contributed by atoms with E-state index in [1.807, 2.05) is 12.1 Å². The highest BCUT2D eigenvalue weighted by Gasteiger charge is 2.28. The van der Waals surface area contributed by atoms with Gasteiger partial charge in [0, 0.05) is 7.05 Å². The maximum Gasteiger partial charge on any atom is 0.276 e. The fourth-order valence-electron chi connectivity index (χ4n) is 2.10. The maximum atomic E-state index is 12.1. The molecule has 1 amide bonds. The predicted octanol–water partition coefficient (Wildman–Crippen LogP) is 0.166. The molecule has 0 atom stereocenters. The smallest absolute Gasteiger partial charge is 0.276 e. The number of fused-ring (bicyclic) bond motifs is 1. The molecule has 21 heavy (non-hydrogen) atoms. The van der Waals surface area contributed by atoms with Gasteiger partial charge in [-0.3, -0.25) is 14.7 Å². The number of hydrogen-bond acceptors (Lipinski definition) is 5. The van der Waals surface area contributed by atoms with Crippen molar-refractivity contribution in [1.82, 2.24) is 10.2 Å². The Morgan fingerprint density at radius 2 is 2.24 bits per heavy atom. The Hall–Kier alpha value is -2.54. The minimum atomic E-state index is -0.177. The van der Waals surface area contributed by atoms with Gasteiger partial charge in [-0.25, -0.2) is 0 Å². The van der Waals surface area contributed by atoms with Crippen LogP contribution in [0.5, 0.6) is 11.5 Å². The van der Waals surface area contributed by atoms with Gasteiger partial charge in [0.2, 0.25) is 12.8 Å². The Morgan fingerprint density at radius 1 is 1.43 bits per heavy atom. The van der Waals surface area contributed by atoms with Gasteiger partial charge in [-0.05, 0) is 23.8 Å². The van der Waals surface area contributed by atoms with Crippen LogP contribution in [-0.4, -0.2) is 48.9 Å². The summed E-state index contributed by atoms with van der Waals surface area (Å²) >= 11 is 0. The second kappa shape index (κ2) is 5.45. The SMILES string of the molecule is CN1C(=O)/C(=C/c2ccc3c(c2)OCO3)NC1=NCCO. The van der Waals surface area contributed by atoms with Gasteiger partial charge < -0.3 is 19.9 Å². The lowest BCUT2D eigenvalue weighted by atomic mass is 10.1. The van der Waals surface area contributed by atoms with E-state index in [1.165, 1.54) is 4.90 Å². The van der Waals surface area contributed by atoms with Crippen molar-refractivity contribution in [3.8, 4) is 11.5 Å². The Morgan fingerprint density at radius 3 is 3.05 bits per heavy atom. The van der Waals surface area contributed by atoms with Crippen molar-refractivity contribution >= 4 is 17.9 Å². The van der Waals surface area contributed by atoms with Crippen LogP contribution in [0.25, 0.3) is 6.08 Å². The van der Waals surface area contributed by atoms with E-state index in [0.717, 1.165) is 5.56 Å². The molecule has 7 heteroatoms. The van der Waals surface area contributed by atoms with Crippen LogP contribution < -0.4 is 14.8 Å². The van der Waals surface area contributed by atoms with Crippen molar-refractivity contribution in [2.75, 3.05) is 27.0 Å². The zero-order valence-electron chi connectivity index (χ0n) is 11.5. The van der Waals surface area contributed by atoms with Gasteiger partial charge >= 0.3 is 0 Å². The zero-order chi connectivity index (χ0) is 14.8. The van der Waals surface area contributed by atoms with Crippen LogP contribution in [0.4, 0.5) is 0 Å². The van der Waals surface area contributed by atoms with Crippen molar-refractivity contribution in [2.24, 2.45) is 4.99 Å². The number of benzene rings is 1. The molecular formula is C14H15N3O4. The van der Waals surface area contributed by atoms with Gasteiger partial charge in [-0.1, -0.05) is 6.07 Å². The summed E-state index contributed by atoms with van der Waals surface area (Å²) in [5.74, 6) is 1.62. The highest BCUT2D eigenvalue weighted by atomic mass is 16.7. The molecule has 1 fully saturated rings. The van der Waals surface area contributed by atoms with Gasteiger partial charge in [-0.2, -0.15) is 0 Å². The highest BCUT2D eigenvalue weighted by molar-refractivity contribution is 6.15. The minimum Gasteiger partial charge on any atom is -0.454 e. The molecule has 2 heterocycles. The predicted molar refractivity (Wildman–Crippen MR) is 75.8 cm³/mol. The molecule has 0 saturated carbocycles. The summed E-state index contributed by atoms with van der Waals surface area (Å²) in [4.78, 5) is 17.6. The van der Waals surface area contributed by atoms with Crippen LogP contribution in [0.15, 0.2) is 28.9 Å². The summed E-state index contributed by atoms with van der Waals surface area (Å²) < 4.78 is 10.6. The van der Waals surface area contributed by atoms with Crippen molar-refractivity contribution in [3.63, 3.8) is 0 Å². The number of carbonyl (C=O) groups is 1. The van der Waals surface area contributed by atoms with Gasteiger partial charge in [0.25, 0.3) is 5.91 Å². The second-order valence-corrected chi connectivity index (χ2v) is 4.59. The molecule has 0 radical (unpaired) electrons. The van der Waals surface area contributed by atoms with E-state index < -0.39 is 0 Å². The van der Waals surface area contributed by atoms with Crippen LogP contribution in [-0.2, 0) is 4.79 Å². The van der Waals surface area contributed by atoms with Crippen LogP contribution in [0.2, 0.25) is 0 Å². The number of nitrogens with one attached hydrogen (secondary N) is 1. The molecule has 3 rings (SSSR count). The van der Waals surface area contributed by atoms with Gasteiger partial charge in [0.15, 0.2) is 11.5 Å². The fourth-order valence-corrected chi connectivity index (χ4v) is 2.10. The van der Waals surface area contributed by atoms with Gasteiger partial charge in [0.05, 0.1) is 13.2 Å². The standard InChI is InChI=1S/C14H15N3O4/c1-17-13(19)10(16-14(17)15-4-5-18)6-9-2-3-11-12(7-9)21-8-20-11/h2-3,6-7,18H,4-5,8H2,1H3,(H,15,16)/b10-6-. The quantitative estimate of drug-likeness (QED) is 0.775. The van der Waals surface area contributed by atoms with Gasteiger partial charge in [-0.15, -0.1) is 0 Å². The topological polar surface area (TPSA) is 83.4 Å². The third-order valence-electron chi connectivity index (χ3n) is 3.17. The number of ether oxygens (including phenoxy) is 2. The van der Waals surface area contributed by atoms with Crippen LogP contribution >= 0.6 is 0 Å². The lowest BCUT2D eigenvalue weighted by Crippen LogP contribution is -2.28. The number of nitrogens with zero attached hydrogens (tertiary/aromatic N) is 2. The molecule has 2 N–H and O–H groups in total. The Labute approximate surface area is 121 Å². The normalized spacial score (nSPS) is 20.5. The Kier molecular flexibility index (Phi) is 3.49. The number of aliphatic imine (C=N–C) groups is 1. The molecule has 0 aromatic heterocycles. The largest absolute Gasteiger partial charge is 0.454 e. The van der Waals surface area contributed by atoms with E-state index in [9.17, 15) is 4.79 Å². The molecule has 1 aromatic rings. The third-order valence-corrected chi connectivity index (χ3v) is 3.17. The molecular weight excluding hydrogens is 274 g/mol. The second-order valence-electron chi connectivity index (χ2n) is 4.59. The van der Waals surface area contributed by atoms with Crippen molar-refractivity contribution in [2.45, 2.75) is 0 Å². The first kappa shape index (κ1) is 13.4. The first-order valence-corrected chi connectivity index (χ1v) is 6.51. The number of rotatable bonds is 3. The fraction of sp³-hybridized carbons (Fsp3) is 0.286. The molecule has 1 aromatic carbocycles. The molecule has 110 valence electrons. The van der Waals surface area contributed by atoms with E-state index in [1.54, 1.807) is 19.2 Å². The third kappa shape index (κ3) is 2.55. The molecule has 2 aliphatic rings. The zero-order valence-corrected chi connectivity index (χ0v) is 11.5. The summed E-state index contributed by atoms with van der Waals surface area (Å²) in [6.45, 7) is 0.402. The molecule has 0 unspecified atom stereocenters. The number of guanidine groups is 1. The maximum absolute atomic E-state index is 12.1. The molecule has 0 bridgehead atoms. The van der Waals surface area contributed by atoms with Crippen molar-refractivity contribution < 1.29 is 19.4 Å². The van der Waals surface area contributed by atoms with Crippen LogP contribution in [0.1, 0.15) is 5.56 Å².